The Bertz CT molecular complexity index is 564. The van der Waals surface area contributed by atoms with E-state index in [1.807, 2.05) is 6.07 Å². The van der Waals surface area contributed by atoms with Crippen molar-refractivity contribution in [2.24, 2.45) is 5.73 Å². The highest BCUT2D eigenvalue weighted by molar-refractivity contribution is 7.91. The van der Waals surface area contributed by atoms with E-state index in [1.54, 1.807) is 6.07 Å². The van der Waals surface area contributed by atoms with Crippen molar-refractivity contribution in [2.45, 2.75) is 24.9 Å². The summed E-state index contributed by atoms with van der Waals surface area (Å²) in [5.41, 5.74) is 6.76. The standard InChI is InChI=1S/C15H19FN2O3S/c16-13-7-11(14-8-18(9-17)15(19)21-14)1-2-12(13)10-3-5-22(20)6-4-10/h1-2,7,10,14H,3-6,8-9,17H2/t10-,14-,22-/m1/s1. The van der Waals surface area contributed by atoms with Gasteiger partial charge in [0.15, 0.2) is 0 Å². The average molecular weight is 326 g/mol. The van der Waals surface area contributed by atoms with Crippen molar-refractivity contribution in [1.82, 2.24) is 4.90 Å². The van der Waals surface area contributed by atoms with Crippen LogP contribution in [-0.4, -0.2) is 40.3 Å². The zero-order valence-corrected chi connectivity index (χ0v) is 13.0. The Morgan fingerprint density at radius 3 is 2.73 bits per heavy atom. The van der Waals surface area contributed by atoms with Gasteiger partial charge in [0.05, 0.1) is 13.2 Å². The van der Waals surface area contributed by atoms with E-state index in [0.29, 0.717) is 29.2 Å². The Hall–Kier alpha value is -1.31. The molecule has 0 saturated carbocycles. The smallest absolute Gasteiger partial charge is 0.411 e. The molecular formula is C15H19FN2O3S. The number of cyclic esters (lactones) is 1. The molecule has 2 N–H and O–H groups in total. The van der Waals surface area contributed by atoms with E-state index in [9.17, 15) is 13.7 Å². The zero-order chi connectivity index (χ0) is 15.7. The number of benzene rings is 1. The number of nitrogens with zero attached hydrogens (tertiary/aromatic N) is 1. The Labute approximate surface area is 131 Å². The molecule has 2 fully saturated rings. The summed E-state index contributed by atoms with van der Waals surface area (Å²) in [4.78, 5) is 12.9. The van der Waals surface area contributed by atoms with Gasteiger partial charge < -0.3 is 15.0 Å². The predicted octanol–water partition coefficient (Wildman–Crippen LogP) is 1.86. The van der Waals surface area contributed by atoms with Crippen LogP contribution < -0.4 is 5.73 Å². The summed E-state index contributed by atoms with van der Waals surface area (Å²) < 4.78 is 31.0. The Morgan fingerprint density at radius 2 is 2.14 bits per heavy atom. The second kappa shape index (κ2) is 6.44. The van der Waals surface area contributed by atoms with Gasteiger partial charge in [-0.25, -0.2) is 9.18 Å². The zero-order valence-electron chi connectivity index (χ0n) is 12.2. The van der Waals surface area contributed by atoms with Gasteiger partial charge in [-0.3, -0.25) is 4.90 Å². The highest BCUT2D eigenvalue weighted by Gasteiger charge is 2.32. The predicted molar refractivity (Wildman–Crippen MR) is 81.2 cm³/mol. The molecule has 1 atom stereocenters. The van der Waals surface area contributed by atoms with Crippen molar-refractivity contribution in [3.05, 3.63) is 35.1 Å². The van der Waals surface area contributed by atoms with Gasteiger partial charge in [0, 0.05) is 0 Å². The lowest BCUT2D eigenvalue weighted by molar-refractivity contribution is 0.133. The van der Waals surface area contributed by atoms with E-state index in [2.05, 4.69) is 0 Å². The van der Waals surface area contributed by atoms with Gasteiger partial charge in [-0.1, -0.05) is 23.3 Å². The lowest BCUT2D eigenvalue weighted by atomic mass is 9.91. The molecule has 3 rings (SSSR count). The number of halogens is 1. The normalized spacial score (nSPS) is 28.8. The summed E-state index contributed by atoms with van der Waals surface area (Å²) in [5, 5.41) is 0. The minimum Gasteiger partial charge on any atom is -0.616 e. The molecule has 22 heavy (non-hydrogen) atoms. The number of hydrogen-bond donors (Lipinski definition) is 1. The third-order valence-electron chi connectivity index (χ3n) is 4.33. The molecule has 120 valence electrons. The van der Waals surface area contributed by atoms with E-state index in [4.69, 9.17) is 10.5 Å². The first kappa shape index (κ1) is 15.6. The molecule has 2 heterocycles. The molecule has 0 unspecified atom stereocenters. The maximum Gasteiger partial charge on any atom is 0.411 e. The quantitative estimate of drug-likeness (QED) is 0.860. The molecule has 1 aromatic carbocycles. The van der Waals surface area contributed by atoms with E-state index >= 15 is 0 Å². The summed E-state index contributed by atoms with van der Waals surface area (Å²) in [6.45, 7) is 0.436. The summed E-state index contributed by atoms with van der Waals surface area (Å²) in [6, 6.07) is 5.02. The molecule has 1 amide bonds. The van der Waals surface area contributed by atoms with Gasteiger partial charge in [-0.2, -0.15) is 0 Å². The number of hydrogen-bond acceptors (Lipinski definition) is 4. The molecule has 0 aromatic heterocycles. The minimum atomic E-state index is -0.754. The molecule has 2 aliphatic heterocycles. The van der Waals surface area contributed by atoms with E-state index < -0.39 is 23.4 Å². The van der Waals surface area contributed by atoms with Crippen LogP contribution in [0.2, 0.25) is 0 Å². The molecule has 2 saturated heterocycles. The summed E-state index contributed by atoms with van der Waals surface area (Å²) in [7, 11) is 0. The lowest BCUT2D eigenvalue weighted by Gasteiger charge is -2.25. The van der Waals surface area contributed by atoms with E-state index in [1.165, 1.54) is 11.0 Å². The number of nitrogens with two attached hydrogens (primary N) is 1. The van der Waals surface area contributed by atoms with Crippen molar-refractivity contribution >= 4 is 17.3 Å². The van der Waals surface area contributed by atoms with Crippen LogP contribution in [0, 0.1) is 5.82 Å². The molecule has 5 nitrogen and oxygen atoms in total. The van der Waals surface area contributed by atoms with Gasteiger partial charge in [0.2, 0.25) is 0 Å². The van der Waals surface area contributed by atoms with Crippen molar-refractivity contribution in [3.8, 4) is 0 Å². The van der Waals surface area contributed by atoms with Gasteiger partial charge in [0.25, 0.3) is 0 Å². The fourth-order valence-corrected chi connectivity index (χ4v) is 4.31. The number of carbonyl (C=O) groups is 1. The highest BCUT2D eigenvalue weighted by atomic mass is 32.2. The molecule has 0 aliphatic carbocycles. The van der Waals surface area contributed by atoms with E-state index in [0.717, 1.165) is 12.8 Å². The van der Waals surface area contributed by atoms with Crippen LogP contribution in [0.3, 0.4) is 0 Å². The second-order valence-corrected chi connectivity index (χ2v) is 7.38. The fraction of sp³-hybridized carbons (Fsp3) is 0.533. The molecule has 1 aromatic rings. The highest BCUT2D eigenvalue weighted by Crippen LogP contribution is 2.33. The number of ether oxygens (including phenoxy) is 1. The van der Waals surface area contributed by atoms with E-state index in [-0.39, 0.29) is 18.4 Å². The summed E-state index contributed by atoms with van der Waals surface area (Å²) in [5.74, 6) is 1.12. The largest absolute Gasteiger partial charge is 0.616 e. The van der Waals surface area contributed by atoms with Gasteiger partial charge >= 0.3 is 6.09 Å². The molecule has 7 heteroatoms. The Balaban J connectivity index is 1.74. The Morgan fingerprint density at radius 1 is 1.41 bits per heavy atom. The Kier molecular flexibility index (Phi) is 4.56. The average Bonchev–Trinajstić information content (AvgIpc) is 2.89. The van der Waals surface area contributed by atoms with Crippen molar-refractivity contribution in [3.63, 3.8) is 0 Å². The van der Waals surface area contributed by atoms with Crippen molar-refractivity contribution < 1.29 is 18.5 Å². The summed E-state index contributed by atoms with van der Waals surface area (Å²) >= 11 is -0.754. The van der Waals surface area contributed by atoms with Crippen LogP contribution in [0.1, 0.15) is 36.0 Å². The monoisotopic (exact) mass is 326 g/mol. The van der Waals surface area contributed by atoms with Crippen LogP contribution in [0.4, 0.5) is 9.18 Å². The molecule has 0 spiro atoms. The third-order valence-corrected chi connectivity index (χ3v) is 5.71. The topological polar surface area (TPSA) is 78.6 Å². The van der Waals surface area contributed by atoms with Crippen LogP contribution in [-0.2, 0) is 15.9 Å². The molecule has 0 radical (unpaired) electrons. The lowest BCUT2D eigenvalue weighted by Crippen LogP contribution is -2.30. The minimum absolute atomic E-state index is 0.0924. The third kappa shape index (κ3) is 3.06. The van der Waals surface area contributed by atoms with Crippen molar-refractivity contribution in [2.75, 3.05) is 24.7 Å². The number of carbonyl (C=O) groups excluding carboxylic acids is 1. The maximum absolute atomic E-state index is 14.4. The van der Waals surface area contributed by atoms with Crippen molar-refractivity contribution in [1.29, 1.82) is 0 Å². The van der Waals surface area contributed by atoms with Crippen LogP contribution in [0.5, 0.6) is 0 Å². The van der Waals surface area contributed by atoms with Gasteiger partial charge in [-0.05, 0) is 36.0 Å². The van der Waals surface area contributed by atoms with Crippen LogP contribution >= 0.6 is 0 Å². The first-order chi connectivity index (χ1) is 10.6. The van der Waals surface area contributed by atoms with Crippen LogP contribution in [0.15, 0.2) is 18.2 Å². The molecular weight excluding hydrogens is 307 g/mol. The van der Waals surface area contributed by atoms with Gasteiger partial charge in [-0.15, -0.1) is 0 Å². The van der Waals surface area contributed by atoms with Gasteiger partial charge in [0.1, 0.15) is 23.4 Å². The molecule has 2 aliphatic rings. The fourth-order valence-electron chi connectivity index (χ4n) is 3.01. The maximum atomic E-state index is 14.4. The first-order valence-electron chi connectivity index (χ1n) is 7.38. The summed E-state index contributed by atoms with van der Waals surface area (Å²) in [6.07, 6.45) is 0.565. The number of rotatable bonds is 3. The molecule has 0 bridgehead atoms. The number of amides is 1. The van der Waals surface area contributed by atoms with Crippen LogP contribution in [0.25, 0.3) is 0 Å². The first-order valence-corrected chi connectivity index (χ1v) is 8.87. The SMILES string of the molecule is NCN1C[C@H](c2ccc([C@H]3CC[S@+]([O-])CC3)c(F)c2)OC1=O. The second-order valence-electron chi connectivity index (χ2n) is 5.68.